The number of anilines is 3. The summed E-state index contributed by atoms with van der Waals surface area (Å²) >= 11 is 0. The van der Waals surface area contributed by atoms with E-state index in [2.05, 4.69) is 15.0 Å². The molecule has 120 valence electrons. The topological polar surface area (TPSA) is 137 Å². The number of rotatable bonds is 9. The Labute approximate surface area is 120 Å². The number of aliphatic hydroxyl groups is 3. The number of hydrogen-bond donors (Lipinski definition) is 3. The number of nitrogens with zero attached hydrogens (tertiary/aromatic N) is 6. The van der Waals surface area contributed by atoms with Gasteiger partial charge < -0.3 is 15.3 Å². The van der Waals surface area contributed by atoms with Crippen molar-refractivity contribution >= 4 is 17.8 Å². The molecule has 0 fully saturated rings. The summed E-state index contributed by atoms with van der Waals surface area (Å²) in [4.78, 5) is 26.5. The van der Waals surface area contributed by atoms with Crippen LogP contribution in [0, 0.1) is 0 Å². The van der Waals surface area contributed by atoms with Crippen molar-refractivity contribution in [3.8, 4) is 0 Å². The van der Waals surface area contributed by atoms with Crippen molar-refractivity contribution in [3.05, 3.63) is 0 Å². The first kappa shape index (κ1) is 17.2. The summed E-state index contributed by atoms with van der Waals surface area (Å²) in [5, 5.41) is 30.4. The van der Waals surface area contributed by atoms with Crippen LogP contribution in [0.3, 0.4) is 0 Å². The molecule has 0 radical (unpaired) electrons. The van der Waals surface area contributed by atoms with Gasteiger partial charge in [-0.2, -0.15) is 30.1 Å². The van der Waals surface area contributed by atoms with Gasteiger partial charge in [-0.05, 0) is 0 Å². The Bertz CT molecular complexity index is 351. The van der Waals surface area contributed by atoms with E-state index in [9.17, 15) is 15.3 Å². The smallest absolute Gasteiger partial charge is 0.258 e. The average molecular weight is 306 g/mol. The number of hydroxylamine groups is 3. The van der Waals surface area contributed by atoms with Gasteiger partial charge in [0.25, 0.3) is 17.8 Å². The van der Waals surface area contributed by atoms with E-state index in [1.165, 1.54) is 21.3 Å². The van der Waals surface area contributed by atoms with Crippen LogP contribution in [0.25, 0.3) is 0 Å². The molecule has 0 aliphatic carbocycles. The molecule has 0 aromatic carbocycles. The molecule has 0 amide bonds. The zero-order chi connectivity index (χ0) is 15.8. The van der Waals surface area contributed by atoms with Crippen LogP contribution < -0.4 is 15.2 Å². The lowest BCUT2D eigenvalue weighted by Gasteiger charge is -2.23. The normalized spacial score (nSPS) is 10.6. The number of hydrogen-bond acceptors (Lipinski definition) is 12. The van der Waals surface area contributed by atoms with Gasteiger partial charge >= 0.3 is 0 Å². The SMILES string of the molecule is CON(CO)c1nc(N(CO)OC)nc(N(CO)OC)n1. The molecule has 1 rings (SSSR count). The van der Waals surface area contributed by atoms with Gasteiger partial charge in [0.2, 0.25) is 0 Å². The third kappa shape index (κ3) is 4.07. The van der Waals surface area contributed by atoms with E-state index in [1.807, 2.05) is 0 Å². The molecular formula is C9H18N6O6. The summed E-state index contributed by atoms with van der Waals surface area (Å²) in [5.74, 6) is -0.233. The highest BCUT2D eigenvalue weighted by molar-refractivity contribution is 5.42. The Morgan fingerprint density at radius 1 is 0.667 bits per heavy atom. The standard InChI is InChI=1S/C9H18N6O6/c1-19-13(4-16)7-10-8(14(5-17)20-2)12-9(11-7)15(6-18)21-3/h16-18H,4-6H2,1-3H3. The largest absolute Gasteiger partial charge is 0.374 e. The van der Waals surface area contributed by atoms with Gasteiger partial charge in [-0.15, -0.1) is 0 Å². The number of aliphatic hydroxyl groups excluding tert-OH is 3. The van der Waals surface area contributed by atoms with Gasteiger partial charge in [0.15, 0.2) is 0 Å². The van der Waals surface area contributed by atoms with E-state index in [1.54, 1.807) is 0 Å². The lowest BCUT2D eigenvalue weighted by Crippen LogP contribution is -2.32. The minimum atomic E-state index is -0.530. The highest BCUT2D eigenvalue weighted by Gasteiger charge is 2.20. The fraction of sp³-hybridized carbons (Fsp3) is 0.667. The third-order valence-electron chi connectivity index (χ3n) is 2.32. The Kier molecular flexibility index (Phi) is 6.93. The lowest BCUT2D eigenvalue weighted by atomic mass is 10.7. The molecule has 1 aromatic rings. The van der Waals surface area contributed by atoms with Gasteiger partial charge in [-0.25, -0.2) is 0 Å². The second-order valence-electron chi connectivity index (χ2n) is 3.34. The molecule has 0 aliphatic rings. The zero-order valence-corrected chi connectivity index (χ0v) is 11.9. The Morgan fingerprint density at radius 2 is 0.905 bits per heavy atom. The Balaban J connectivity index is 3.30. The lowest BCUT2D eigenvalue weighted by molar-refractivity contribution is 0.0867. The molecule has 21 heavy (non-hydrogen) atoms. The van der Waals surface area contributed by atoms with E-state index in [0.29, 0.717) is 0 Å². The van der Waals surface area contributed by atoms with Crippen LogP contribution in [0.1, 0.15) is 0 Å². The van der Waals surface area contributed by atoms with Crippen molar-refractivity contribution in [1.29, 1.82) is 0 Å². The first-order valence-electron chi connectivity index (χ1n) is 5.68. The van der Waals surface area contributed by atoms with Crippen molar-refractivity contribution in [1.82, 2.24) is 15.0 Å². The maximum absolute atomic E-state index is 9.18. The molecule has 12 nitrogen and oxygen atoms in total. The van der Waals surface area contributed by atoms with Crippen molar-refractivity contribution in [2.75, 3.05) is 56.7 Å². The maximum Gasteiger partial charge on any atom is 0.258 e. The monoisotopic (exact) mass is 306 g/mol. The van der Waals surface area contributed by atoms with E-state index >= 15 is 0 Å². The molecule has 3 N–H and O–H groups in total. The molecule has 0 spiro atoms. The Hall–Kier alpha value is -1.83. The van der Waals surface area contributed by atoms with Crippen molar-refractivity contribution in [2.24, 2.45) is 0 Å². The van der Waals surface area contributed by atoms with Crippen LogP contribution in [0.2, 0.25) is 0 Å². The highest BCUT2D eigenvalue weighted by atomic mass is 16.7. The van der Waals surface area contributed by atoms with E-state index in [0.717, 1.165) is 15.2 Å². The summed E-state index contributed by atoms with van der Waals surface area (Å²) in [6, 6.07) is 0. The van der Waals surface area contributed by atoms with Crippen LogP contribution in [0.5, 0.6) is 0 Å². The average Bonchev–Trinajstić information content (AvgIpc) is 2.51. The summed E-state index contributed by atoms with van der Waals surface area (Å²) < 4.78 is 0. The van der Waals surface area contributed by atoms with Crippen molar-refractivity contribution < 1.29 is 29.8 Å². The summed E-state index contributed by atoms with van der Waals surface area (Å²) in [6.45, 7) is -1.59. The minimum absolute atomic E-state index is 0.0778. The van der Waals surface area contributed by atoms with Crippen LogP contribution in [-0.2, 0) is 14.5 Å². The first-order valence-corrected chi connectivity index (χ1v) is 5.68. The molecule has 0 unspecified atom stereocenters. The quantitative estimate of drug-likeness (QED) is 0.338. The van der Waals surface area contributed by atoms with E-state index in [4.69, 9.17) is 14.5 Å². The van der Waals surface area contributed by atoms with Gasteiger partial charge in [0.05, 0.1) is 21.3 Å². The molecule has 0 saturated carbocycles. The van der Waals surface area contributed by atoms with E-state index in [-0.39, 0.29) is 17.8 Å². The van der Waals surface area contributed by atoms with Gasteiger partial charge in [0.1, 0.15) is 20.2 Å². The highest BCUT2D eigenvalue weighted by Crippen LogP contribution is 2.18. The maximum atomic E-state index is 9.18. The predicted octanol–water partition coefficient (Wildman–Crippen LogP) is -2.18. The molecule has 1 heterocycles. The minimum Gasteiger partial charge on any atom is -0.374 e. The second kappa shape index (κ2) is 8.46. The second-order valence-corrected chi connectivity index (χ2v) is 3.34. The van der Waals surface area contributed by atoms with Crippen LogP contribution >= 0.6 is 0 Å². The molecular weight excluding hydrogens is 288 g/mol. The Morgan fingerprint density at radius 3 is 1.05 bits per heavy atom. The van der Waals surface area contributed by atoms with E-state index < -0.39 is 20.2 Å². The van der Waals surface area contributed by atoms with Gasteiger partial charge in [-0.1, -0.05) is 0 Å². The molecule has 1 aromatic heterocycles. The van der Waals surface area contributed by atoms with Gasteiger partial charge in [0, 0.05) is 0 Å². The van der Waals surface area contributed by atoms with Crippen LogP contribution in [0.15, 0.2) is 0 Å². The van der Waals surface area contributed by atoms with Crippen molar-refractivity contribution in [3.63, 3.8) is 0 Å². The molecule has 12 heteroatoms. The summed E-state index contributed by atoms with van der Waals surface area (Å²) in [7, 11) is 3.92. The summed E-state index contributed by atoms with van der Waals surface area (Å²) in [6.07, 6.45) is 0. The predicted molar refractivity (Wildman–Crippen MR) is 69.5 cm³/mol. The molecule has 0 bridgehead atoms. The molecule has 0 saturated heterocycles. The van der Waals surface area contributed by atoms with Crippen LogP contribution in [0.4, 0.5) is 17.8 Å². The zero-order valence-electron chi connectivity index (χ0n) is 11.9. The fourth-order valence-electron chi connectivity index (χ4n) is 1.29. The molecule has 0 aliphatic heterocycles. The molecule has 0 atom stereocenters. The summed E-state index contributed by atoms with van der Waals surface area (Å²) in [5.41, 5.74) is 0. The van der Waals surface area contributed by atoms with Gasteiger partial charge in [-0.3, -0.25) is 14.5 Å². The number of aromatic nitrogens is 3. The first-order chi connectivity index (χ1) is 10.1. The van der Waals surface area contributed by atoms with Crippen molar-refractivity contribution in [2.45, 2.75) is 0 Å². The third-order valence-corrected chi connectivity index (χ3v) is 2.32. The van der Waals surface area contributed by atoms with Crippen LogP contribution in [-0.4, -0.2) is 71.8 Å². The fourth-order valence-corrected chi connectivity index (χ4v) is 1.29.